The Morgan fingerprint density at radius 2 is 1.81 bits per heavy atom. The van der Waals surface area contributed by atoms with Gasteiger partial charge in [-0.1, -0.05) is 50.7 Å². The molecule has 0 fully saturated rings. The fraction of sp³-hybridized carbons (Fsp3) is 0.292. The van der Waals surface area contributed by atoms with Gasteiger partial charge >= 0.3 is 0 Å². The molecular weight excluding hydrogens is 422 g/mol. The molecule has 0 spiro atoms. The van der Waals surface area contributed by atoms with Gasteiger partial charge in [0.1, 0.15) is 5.52 Å². The van der Waals surface area contributed by atoms with Crippen LogP contribution in [0.2, 0.25) is 0 Å². The molecule has 0 aliphatic rings. The van der Waals surface area contributed by atoms with Gasteiger partial charge in [0.15, 0.2) is 11.4 Å². The number of aromatic nitrogens is 4. The molecule has 0 aliphatic carbocycles. The van der Waals surface area contributed by atoms with E-state index >= 15 is 0 Å². The first-order valence-corrected chi connectivity index (χ1v) is 11.6. The second-order valence-corrected chi connectivity index (χ2v) is 8.81. The number of anilines is 1. The van der Waals surface area contributed by atoms with E-state index < -0.39 is 0 Å². The van der Waals surface area contributed by atoms with Crippen LogP contribution in [0.5, 0.6) is 0 Å². The van der Waals surface area contributed by atoms with Crippen molar-refractivity contribution in [3.8, 4) is 0 Å². The van der Waals surface area contributed by atoms with Crippen LogP contribution in [0, 0.1) is 5.92 Å². The summed E-state index contributed by atoms with van der Waals surface area (Å²) in [5.41, 5.74) is 3.92. The first-order chi connectivity index (χ1) is 15.5. The van der Waals surface area contributed by atoms with E-state index in [-0.39, 0.29) is 23.4 Å². The van der Waals surface area contributed by atoms with E-state index in [1.807, 2.05) is 32.0 Å². The number of hydrogen-bond acceptors (Lipinski definition) is 6. The maximum Gasteiger partial charge on any atom is 0.226 e. The summed E-state index contributed by atoms with van der Waals surface area (Å²) in [6, 6.07) is 15.0. The van der Waals surface area contributed by atoms with Gasteiger partial charge in [0.2, 0.25) is 11.1 Å². The molecule has 0 saturated carbocycles. The van der Waals surface area contributed by atoms with Crippen molar-refractivity contribution in [1.82, 2.24) is 19.7 Å². The van der Waals surface area contributed by atoms with Crippen LogP contribution >= 0.6 is 11.8 Å². The van der Waals surface area contributed by atoms with Crippen LogP contribution in [0.1, 0.15) is 37.6 Å². The number of Topliss-reactive ketones (excluding diaryl/α,β-unsaturated/α-hetero) is 1. The monoisotopic (exact) mass is 447 g/mol. The minimum Gasteiger partial charge on any atom is -0.326 e. The zero-order valence-corrected chi connectivity index (χ0v) is 19.1. The average molecular weight is 448 g/mol. The number of benzene rings is 2. The highest BCUT2D eigenvalue weighted by molar-refractivity contribution is 7.99. The minimum absolute atomic E-state index is 0.0328. The van der Waals surface area contributed by atoms with Crippen LogP contribution in [-0.2, 0) is 11.3 Å². The molecule has 8 heteroatoms. The fourth-order valence-corrected chi connectivity index (χ4v) is 4.12. The maximum absolute atomic E-state index is 12.6. The number of nitrogens with zero attached hydrogens (tertiary/aromatic N) is 4. The molecule has 4 aromatic rings. The number of hydrogen-bond donors (Lipinski definition) is 1. The highest BCUT2D eigenvalue weighted by Crippen LogP contribution is 2.27. The molecule has 0 radical (unpaired) electrons. The number of rotatable bonds is 8. The third-order valence-electron chi connectivity index (χ3n) is 5.13. The van der Waals surface area contributed by atoms with Crippen LogP contribution in [0.25, 0.3) is 22.1 Å². The number of thioether (sulfide) groups is 1. The summed E-state index contributed by atoms with van der Waals surface area (Å²) >= 11 is 1.28. The molecule has 2 aromatic carbocycles. The van der Waals surface area contributed by atoms with Gasteiger partial charge in [-0.2, -0.15) is 0 Å². The van der Waals surface area contributed by atoms with Crippen molar-refractivity contribution in [2.75, 3.05) is 11.1 Å². The first-order valence-electron chi connectivity index (χ1n) is 10.7. The van der Waals surface area contributed by atoms with E-state index in [4.69, 9.17) is 4.98 Å². The summed E-state index contributed by atoms with van der Waals surface area (Å²) in [4.78, 5) is 29.2. The molecule has 4 rings (SSSR count). The molecule has 0 saturated heterocycles. The van der Waals surface area contributed by atoms with Crippen molar-refractivity contribution in [3.63, 3.8) is 0 Å². The third kappa shape index (κ3) is 4.50. The molecule has 0 bridgehead atoms. The van der Waals surface area contributed by atoms with Crippen LogP contribution in [0.15, 0.2) is 53.7 Å². The topological polar surface area (TPSA) is 89.8 Å². The van der Waals surface area contributed by atoms with Gasteiger partial charge in [-0.05, 0) is 36.8 Å². The lowest BCUT2D eigenvalue weighted by atomic mass is 10.1. The van der Waals surface area contributed by atoms with E-state index in [0.717, 1.165) is 35.0 Å². The Bertz CT molecular complexity index is 1280. The molecule has 32 heavy (non-hydrogen) atoms. The van der Waals surface area contributed by atoms with E-state index in [0.29, 0.717) is 16.4 Å². The summed E-state index contributed by atoms with van der Waals surface area (Å²) in [5, 5.41) is 13.0. The van der Waals surface area contributed by atoms with E-state index in [1.54, 1.807) is 24.3 Å². The highest BCUT2D eigenvalue weighted by atomic mass is 32.2. The number of amides is 1. The van der Waals surface area contributed by atoms with Gasteiger partial charge in [-0.15, -0.1) is 10.2 Å². The number of nitrogens with one attached hydrogen (secondary N) is 1. The van der Waals surface area contributed by atoms with Gasteiger partial charge < -0.3 is 9.88 Å². The lowest BCUT2D eigenvalue weighted by Gasteiger charge is -2.08. The normalized spacial score (nSPS) is 11.4. The third-order valence-corrected chi connectivity index (χ3v) is 5.97. The lowest BCUT2D eigenvalue weighted by molar-refractivity contribution is -0.118. The van der Waals surface area contributed by atoms with Crippen LogP contribution < -0.4 is 5.32 Å². The predicted molar refractivity (Wildman–Crippen MR) is 128 cm³/mol. The van der Waals surface area contributed by atoms with Gasteiger partial charge in [-0.3, -0.25) is 9.59 Å². The summed E-state index contributed by atoms with van der Waals surface area (Å²) < 4.78 is 2.16. The lowest BCUT2D eigenvalue weighted by Crippen LogP contribution is -2.17. The Kier molecular flexibility index (Phi) is 6.50. The van der Waals surface area contributed by atoms with Crippen LogP contribution in [0.4, 0.5) is 5.69 Å². The van der Waals surface area contributed by atoms with Crippen molar-refractivity contribution < 1.29 is 9.59 Å². The SMILES string of the molecule is CCCn1c2ccccc2c2nnc(SCC(=O)c3ccc(NC(=O)C(C)C)cc3)nc21. The molecule has 0 aliphatic heterocycles. The fourth-order valence-electron chi connectivity index (χ4n) is 3.44. The van der Waals surface area contributed by atoms with Gasteiger partial charge in [-0.25, -0.2) is 4.98 Å². The van der Waals surface area contributed by atoms with Crippen molar-refractivity contribution in [3.05, 3.63) is 54.1 Å². The van der Waals surface area contributed by atoms with Crippen molar-refractivity contribution in [2.45, 2.75) is 38.9 Å². The molecular formula is C24H25N5O2S. The Labute approximate surface area is 190 Å². The van der Waals surface area contributed by atoms with Crippen molar-refractivity contribution >= 4 is 51.2 Å². The molecule has 164 valence electrons. The second-order valence-electron chi connectivity index (χ2n) is 7.87. The highest BCUT2D eigenvalue weighted by Gasteiger charge is 2.15. The van der Waals surface area contributed by atoms with Gasteiger partial charge in [0.25, 0.3) is 0 Å². The number of para-hydroxylation sites is 1. The van der Waals surface area contributed by atoms with Gasteiger partial charge in [0.05, 0.1) is 11.3 Å². The largest absolute Gasteiger partial charge is 0.326 e. The van der Waals surface area contributed by atoms with Crippen molar-refractivity contribution in [1.29, 1.82) is 0 Å². The molecule has 1 amide bonds. The summed E-state index contributed by atoms with van der Waals surface area (Å²) in [6.45, 7) is 6.63. The zero-order chi connectivity index (χ0) is 22.7. The Morgan fingerprint density at radius 3 is 2.53 bits per heavy atom. The van der Waals surface area contributed by atoms with Crippen LogP contribution in [-0.4, -0.2) is 37.2 Å². The van der Waals surface area contributed by atoms with Crippen molar-refractivity contribution in [2.24, 2.45) is 5.92 Å². The van der Waals surface area contributed by atoms with E-state index in [1.165, 1.54) is 11.8 Å². The minimum atomic E-state index is -0.102. The Morgan fingerprint density at radius 1 is 1.06 bits per heavy atom. The molecule has 0 atom stereocenters. The maximum atomic E-state index is 12.6. The quantitative estimate of drug-likeness (QED) is 0.303. The summed E-state index contributed by atoms with van der Waals surface area (Å²) in [7, 11) is 0. The summed E-state index contributed by atoms with van der Waals surface area (Å²) in [5.74, 6) is 0.0168. The average Bonchev–Trinajstić information content (AvgIpc) is 3.11. The number of carbonyl (C=O) groups excluding carboxylic acids is 2. The predicted octanol–water partition coefficient (Wildman–Crippen LogP) is 4.96. The first kappa shape index (κ1) is 22.0. The standard InChI is InChI=1S/C24H25N5O2S/c1-4-13-29-19-8-6-5-7-18(19)21-22(29)26-24(28-27-21)32-14-20(30)16-9-11-17(12-10-16)25-23(31)15(2)3/h5-12,15H,4,13-14H2,1-3H3,(H,25,31). The number of ketones is 1. The molecule has 1 N–H and O–H groups in total. The summed E-state index contributed by atoms with van der Waals surface area (Å²) in [6.07, 6.45) is 0.979. The smallest absolute Gasteiger partial charge is 0.226 e. The number of fused-ring (bicyclic) bond motifs is 3. The molecule has 2 heterocycles. The molecule has 0 unspecified atom stereocenters. The number of carbonyl (C=O) groups is 2. The van der Waals surface area contributed by atoms with E-state index in [2.05, 4.69) is 33.1 Å². The van der Waals surface area contributed by atoms with Crippen LogP contribution in [0.3, 0.4) is 0 Å². The van der Waals surface area contributed by atoms with Gasteiger partial charge in [0, 0.05) is 29.1 Å². The second kappa shape index (κ2) is 9.48. The Hall–Kier alpha value is -3.26. The van der Waals surface area contributed by atoms with E-state index in [9.17, 15) is 9.59 Å². The molecule has 7 nitrogen and oxygen atoms in total. The number of aryl methyl sites for hydroxylation is 1. The Balaban J connectivity index is 1.49. The molecule has 2 aromatic heterocycles. The zero-order valence-electron chi connectivity index (χ0n) is 18.3.